The molecule has 28 heavy (non-hydrogen) atoms. The molecule has 0 aromatic heterocycles. The van der Waals surface area contributed by atoms with Gasteiger partial charge in [-0.2, -0.15) is 0 Å². The molecule has 0 unspecified atom stereocenters. The Kier molecular flexibility index (Phi) is 5.11. The van der Waals surface area contributed by atoms with Crippen LogP contribution in [-0.4, -0.2) is 13.0 Å². The molecule has 4 heteroatoms. The van der Waals surface area contributed by atoms with Gasteiger partial charge in [-0.15, -0.1) is 0 Å². The van der Waals surface area contributed by atoms with Crippen molar-refractivity contribution in [2.75, 3.05) is 12.0 Å². The fourth-order valence-electron chi connectivity index (χ4n) is 3.44. The minimum atomic E-state index is -0.270. The van der Waals surface area contributed by atoms with Crippen molar-refractivity contribution >= 4 is 11.6 Å². The van der Waals surface area contributed by atoms with Crippen molar-refractivity contribution in [3.63, 3.8) is 0 Å². The van der Waals surface area contributed by atoms with Crippen LogP contribution in [0.5, 0.6) is 11.5 Å². The molecule has 4 rings (SSSR count). The zero-order valence-corrected chi connectivity index (χ0v) is 15.6. The summed E-state index contributed by atoms with van der Waals surface area (Å²) in [7, 11) is 1.63. The van der Waals surface area contributed by atoms with Gasteiger partial charge in [0.05, 0.1) is 25.3 Å². The van der Waals surface area contributed by atoms with Crippen LogP contribution in [0, 0.1) is 5.92 Å². The summed E-state index contributed by atoms with van der Waals surface area (Å²) in [5, 5.41) is 0. The Hall–Kier alpha value is -3.53. The van der Waals surface area contributed by atoms with Crippen molar-refractivity contribution in [2.24, 2.45) is 5.92 Å². The molecule has 0 aliphatic carbocycles. The number of carbonyl (C=O) groups is 1. The first-order chi connectivity index (χ1) is 13.8. The van der Waals surface area contributed by atoms with E-state index in [1.807, 2.05) is 95.9 Å². The van der Waals surface area contributed by atoms with Crippen LogP contribution in [0.1, 0.15) is 11.6 Å². The number of hydrogen-bond acceptors (Lipinski definition) is 3. The number of rotatable bonds is 6. The van der Waals surface area contributed by atoms with Crippen molar-refractivity contribution in [3.8, 4) is 11.5 Å². The van der Waals surface area contributed by atoms with E-state index < -0.39 is 0 Å². The summed E-state index contributed by atoms with van der Waals surface area (Å²) in [4.78, 5) is 14.8. The molecule has 3 aromatic carbocycles. The fourth-order valence-corrected chi connectivity index (χ4v) is 3.44. The molecule has 0 bridgehead atoms. The van der Waals surface area contributed by atoms with Crippen LogP contribution in [0.15, 0.2) is 97.3 Å². The minimum Gasteiger partial charge on any atom is -0.497 e. The van der Waals surface area contributed by atoms with Crippen LogP contribution >= 0.6 is 0 Å². The maximum Gasteiger partial charge on any atom is 0.237 e. The average Bonchev–Trinajstić information content (AvgIpc) is 2.76. The molecule has 1 aliphatic heterocycles. The summed E-state index contributed by atoms with van der Waals surface area (Å²) in [6, 6.07) is 27.1. The topological polar surface area (TPSA) is 38.8 Å². The van der Waals surface area contributed by atoms with Gasteiger partial charge in [0.15, 0.2) is 0 Å². The Labute approximate surface area is 164 Å². The third kappa shape index (κ3) is 3.49. The molecule has 4 nitrogen and oxygen atoms in total. The lowest BCUT2D eigenvalue weighted by molar-refractivity contribution is -0.128. The third-order valence-corrected chi connectivity index (χ3v) is 4.87. The number of hydrogen-bond donors (Lipinski definition) is 0. The van der Waals surface area contributed by atoms with E-state index in [0.29, 0.717) is 0 Å². The van der Waals surface area contributed by atoms with Crippen LogP contribution < -0.4 is 14.4 Å². The van der Waals surface area contributed by atoms with Gasteiger partial charge in [0, 0.05) is 5.69 Å². The molecule has 3 aromatic rings. The van der Waals surface area contributed by atoms with Gasteiger partial charge in [0.1, 0.15) is 11.5 Å². The number of benzene rings is 3. The van der Waals surface area contributed by atoms with Gasteiger partial charge < -0.3 is 14.4 Å². The predicted molar refractivity (Wildman–Crippen MR) is 109 cm³/mol. The maximum absolute atomic E-state index is 12.9. The number of methoxy groups -OCH3 is 1. The first-order valence-corrected chi connectivity index (χ1v) is 9.18. The second-order valence-corrected chi connectivity index (χ2v) is 6.55. The summed E-state index contributed by atoms with van der Waals surface area (Å²) < 4.78 is 10.9. The van der Waals surface area contributed by atoms with Gasteiger partial charge >= 0.3 is 0 Å². The summed E-state index contributed by atoms with van der Waals surface area (Å²) in [5.41, 5.74) is 1.94. The van der Waals surface area contributed by atoms with E-state index in [1.54, 1.807) is 13.4 Å². The van der Waals surface area contributed by atoms with E-state index in [-0.39, 0.29) is 17.9 Å². The molecule has 0 spiro atoms. The Morgan fingerprint density at radius 1 is 0.821 bits per heavy atom. The third-order valence-electron chi connectivity index (χ3n) is 4.87. The summed E-state index contributed by atoms with van der Waals surface area (Å²) in [5.74, 6) is 1.29. The molecular formula is C24H21NO3. The number of β-lactam (4-membered cyclic amide) rings is 1. The smallest absolute Gasteiger partial charge is 0.237 e. The lowest BCUT2D eigenvalue weighted by Crippen LogP contribution is -2.54. The maximum atomic E-state index is 12.9. The largest absolute Gasteiger partial charge is 0.497 e. The molecule has 2 atom stereocenters. The Morgan fingerprint density at radius 3 is 2.11 bits per heavy atom. The molecule has 1 fully saturated rings. The summed E-state index contributed by atoms with van der Waals surface area (Å²) in [6.07, 6.45) is 3.45. The van der Waals surface area contributed by atoms with Crippen LogP contribution in [-0.2, 0) is 4.79 Å². The first kappa shape index (κ1) is 17.9. The number of anilines is 1. The summed E-state index contributed by atoms with van der Waals surface area (Å²) in [6.45, 7) is 0. The quantitative estimate of drug-likeness (QED) is 0.452. The monoisotopic (exact) mass is 371 g/mol. The first-order valence-electron chi connectivity index (χ1n) is 9.18. The van der Waals surface area contributed by atoms with Crippen molar-refractivity contribution in [1.82, 2.24) is 0 Å². The molecule has 1 heterocycles. The van der Waals surface area contributed by atoms with Gasteiger partial charge in [-0.3, -0.25) is 4.79 Å². The highest BCUT2D eigenvalue weighted by Gasteiger charge is 2.47. The lowest BCUT2D eigenvalue weighted by Gasteiger charge is -2.46. The Morgan fingerprint density at radius 2 is 1.46 bits per heavy atom. The van der Waals surface area contributed by atoms with Crippen LogP contribution in [0.4, 0.5) is 5.69 Å². The Bertz CT molecular complexity index is 952. The number of ether oxygens (including phenoxy) is 2. The van der Waals surface area contributed by atoms with Crippen LogP contribution in [0.25, 0.3) is 0 Å². The van der Waals surface area contributed by atoms with E-state index in [0.717, 1.165) is 22.7 Å². The van der Waals surface area contributed by atoms with Gasteiger partial charge in [-0.25, -0.2) is 0 Å². The minimum absolute atomic E-state index is 0.0481. The summed E-state index contributed by atoms with van der Waals surface area (Å²) >= 11 is 0. The number of nitrogens with zero attached hydrogens (tertiary/aromatic N) is 1. The van der Waals surface area contributed by atoms with Crippen molar-refractivity contribution in [1.29, 1.82) is 0 Å². The number of carbonyl (C=O) groups excluding carboxylic acids is 1. The molecule has 1 amide bonds. The van der Waals surface area contributed by atoms with Gasteiger partial charge in [-0.05, 0) is 48.0 Å². The molecule has 0 saturated carbocycles. The van der Waals surface area contributed by atoms with Crippen LogP contribution in [0.2, 0.25) is 0 Å². The van der Waals surface area contributed by atoms with E-state index in [9.17, 15) is 4.79 Å². The fraction of sp³-hybridized carbons (Fsp3) is 0.125. The van der Waals surface area contributed by atoms with E-state index >= 15 is 0 Å². The highest BCUT2D eigenvalue weighted by molar-refractivity contribution is 6.04. The van der Waals surface area contributed by atoms with Crippen molar-refractivity contribution < 1.29 is 14.3 Å². The Balaban J connectivity index is 1.58. The van der Waals surface area contributed by atoms with E-state index in [1.165, 1.54) is 0 Å². The van der Waals surface area contributed by atoms with Crippen LogP contribution in [0.3, 0.4) is 0 Å². The number of para-hydroxylation sites is 1. The molecule has 1 aliphatic rings. The molecular weight excluding hydrogens is 350 g/mol. The average molecular weight is 371 g/mol. The molecule has 0 N–H and O–H groups in total. The zero-order chi connectivity index (χ0) is 19.3. The van der Waals surface area contributed by atoms with Gasteiger partial charge in [0.25, 0.3) is 0 Å². The number of amides is 1. The molecule has 0 radical (unpaired) electrons. The zero-order valence-electron chi connectivity index (χ0n) is 15.6. The SMILES string of the molecule is COc1ccc(N2C(=O)[C@H](/C=C\Oc3ccccc3)[C@H]2c2ccccc2)cc1. The van der Waals surface area contributed by atoms with Gasteiger partial charge in [-0.1, -0.05) is 48.5 Å². The second kappa shape index (κ2) is 8.01. The lowest BCUT2D eigenvalue weighted by atomic mass is 9.82. The van der Waals surface area contributed by atoms with Crippen molar-refractivity contribution in [2.45, 2.75) is 6.04 Å². The predicted octanol–water partition coefficient (Wildman–Crippen LogP) is 4.99. The van der Waals surface area contributed by atoms with Gasteiger partial charge in [0.2, 0.25) is 5.91 Å². The van der Waals surface area contributed by atoms with Crippen molar-refractivity contribution in [3.05, 3.63) is 103 Å². The highest BCUT2D eigenvalue weighted by Crippen LogP contribution is 2.44. The van der Waals surface area contributed by atoms with E-state index in [4.69, 9.17) is 9.47 Å². The standard InChI is InChI=1S/C24H21NO3/c1-27-20-14-12-19(13-15-20)25-23(18-8-4-2-5-9-18)22(24(25)26)16-17-28-21-10-6-3-7-11-21/h2-17,22-23H,1H3/b17-16-/t22-,23-/m1/s1. The molecule has 140 valence electrons. The second-order valence-electron chi connectivity index (χ2n) is 6.55. The van der Waals surface area contributed by atoms with E-state index in [2.05, 4.69) is 0 Å². The highest BCUT2D eigenvalue weighted by atomic mass is 16.5. The normalized spacial score (nSPS) is 18.8. The molecule has 1 saturated heterocycles.